The van der Waals surface area contributed by atoms with Gasteiger partial charge in [0.15, 0.2) is 6.10 Å². The summed E-state index contributed by atoms with van der Waals surface area (Å²) in [6.45, 7) is 4.81. The van der Waals surface area contributed by atoms with E-state index in [1.54, 1.807) is 11.9 Å². The molecule has 0 saturated heterocycles. The Morgan fingerprint density at radius 2 is 1.96 bits per heavy atom. The average molecular weight is 366 g/mol. The fourth-order valence-electron chi connectivity index (χ4n) is 2.54. The molecule has 26 heavy (non-hydrogen) atoms. The molecule has 1 aromatic rings. The number of ether oxygens (including phenoxy) is 2. The van der Waals surface area contributed by atoms with Crippen molar-refractivity contribution < 1.29 is 24.2 Å². The number of nitrogens with one attached hydrogen (secondary N) is 1. The molecular formula is C19H30N2O5. The van der Waals surface area contributed by atoms with Crippen LogP contribution in [0.5, 0.6) is 5.75 Å². The van der Waals surface area contributed by atoms with E-state index in [2.05, 4.69) is 5.32 Å². The van der Waals surface area contributed by atoms with Gasteiger partial charge in [0.2, 0.25) is 6.41 Å². The highest BCUT2D eigenvalue weighted by Gasteiger charge is 2.20. The SMILES string of the molecule is CNCC(CCOc1ccc(CC(OC(C)C)C(=O)O)cc1)N(C)C=O. The Labute approximate surface area is 155 Å². The Hall–Kier alpha value is -2.12. The maximum atomic E-state index is 11.3. The molecule has 0 spiro atoms. The molecule has 2 N–H and O–H groups in total. The van der Waals surface area contributed by atoms with E-state index in [0.29, 0.717) is 31.7 Å². The van der Waals surface area contributed by atoms with Crippen molar-refractivity contribution >= 4 is 12.4 Å². The normalized spacial score (nSPS) is 13.3. The van der Waals surface area contributed by atoms with Gasteiger partial charge in [-0.25, -0.2) is 4.79 Å². The van der Waals surface area contributed by atoms with Gasteiger partial charge in [-0.05, 0) is 38.6 Å². The van der Waals surface area contributed by atoms with Gasteiger partial charge in [-0.3, -0.25) is 4.79 Å². The third kappa shape index (κ3) is 7.84. The molecule has 2 atom stereocenters. The van der Waals surface area contributed by atoms with Gasteiger partial charge >= 0.3 is 5.97 Å². The smallest absolute Gasteiger partial charge is 0.333 e. The minimum atomic E-state index is -0.964. The van der Waals surface area contributed by atoms with E-state index in [1.807, 2.05) is 45.2 Å². The van der Waals surface area contributed by atoms with Crippen LogP contribution >= 0.6 is 0 Å². The van der Waals surface area contributed by atoms with Crippen LogP contribution in [0.2, 0.25) is 0 Å². The molecule has 1 aromatic carbocycles. The van der Waals surface area contributed by atoms with E-state index >= 15 is 0 Å². The third-order valence-corrected chi connectivity index (χ3v) is 3.96. The van der Waals surface area contributed by atoms with Crippen molar-refractivity contribution in [3.05, 3.63) is 29.8 Å². The average Bonchev–Trinajstić information content (AvgIpc) is 2.60. The largest absolute Gasteiger partial charge is 0.494 e. The summed E-state index contributed by atoms with van der Waals surface area (Å²) in [6, 6.07) is 7.40. The van der Waals surface area contributed by atoms with Crippen molar-refractivity contribution in [2.45, 2.75) is 44.9 Å². The van der Waals surface area contributed by atoms with Crippen molar-refractivity contribution in [2.24, 2.45) is 0 Å². The summed E-state index contributed by atoms with van der Waals surface area (Å²) >= 11 is 0. The number of carbonyl (C=O) groups is 2. The molecule has 0 saturated carbocycles. The molecule has 0 aliphatic heterocycles. The maximum Gasteiger partial charge on any atom is 0.333 e. The van der Waals surface area contributed by atoms with E-state index in [-0.39, 0.29) is 12.1 Å². The van der Waals surface area contributed by atoms with Gasteiger partial charge in [0, 0.05) is 32.5 Å². The van der Waals surface area contributed by atoms with Crippen LogP contribution in [0.4, 0.5) is 0 Å². The van der Waals surface area contributed by atoms with Crippen LogP contribution in [0, 0.1) is 0 Å². The quantitative estimate of drug-likeness (QED) is 0.515. The van der Waals surface area contributed by atoms with Crippen LogP contribution in [-0.4, -0.2) is 67.9 Å². The second kappa shape index (κ2) is 11.5. The van der Waals surface area contributed by atoms with Crippen molar-refractivity contribution in [2.75, 3.05) is 27.2 Å². The van der Waals surface area contributed by atoms with E-state index < -0.39 is 12.1 Å². The molecule has 0 aliphatic rings. The lowest BCUT2D eigenvalue weighted by Gasteiger charge is -2.24. The first-order valence-corrected chi connectivity index (χ1v) is 8.79. The van der Waals surface area contributed by atoms with Gasteiger partial charge in [0.1, 0.15) is 5.75 Å². The lowest BCUT2D eigenvalue weighted by molar-refractivity contribution is -0.153. The van der Waals surface area contributed by atoms with Gasteiger partial charge in [-0.15, -0.1) is 0 Å². The molecule has 7 nitrogen and oxygen atoms in total. The number of likely N-dealkylation sites (N-methyl/N-ethyl adjacent to an activating group) is 2. The zero-order chi connectivity index (χ0) is 19.5. The standard InChI is InChI=1S/C19H30N2O5/c1-14(2)26-18(19(23)24)11-15-5-7-17(8-6-15)25-10-9-16(12-20-3)21(4)13-22/h5-8,13-14,16,18,20H,9-12H2,1-4H3,(H,23,24). The molecule has 2 unspecified atom stereocenters. The highest BCUT2D eigenvalue weighted by molar-refractivity contribution is 5.72. The molecule has 0 aliphatic carbocycles. The topological polar surface area (TPSA) is 88.1 Å². The molecular weight excluding hydrogens is 336 g/mol. The lowest BCUT2D eigenvalue weighted by Crippen LogP contribution is -2.39. The number of hydrogen-bond acceptors (Lipinski definition) is 5. The first kappa shape index (κ1) is 21.9. The van der Waals surface area contributed by atoms with Crippen LogP contribution < -0.4 is 10.1 Å². The number of nitrogens with zero attached hydrogens (tertiary/aromatic N) is 1. The maximum absolute atomic E-state index is 11.3. The molecule has 0 aromatic heterocycles. The molecule has 0 heterocycles. The predicted octanol–water partition coefficient (Wildman–Crippen LogP) is 1.55. The lowest BCUT2D eigenvalue weighted by atomic mass is 10.1. The number of hydrogen-bond donors (Lipinski definition) is 2. The summed E-state index contributed by atoms with van der Waals surface area (Å²) in [5.74, 6) is -0.253. The second-order valence-corrected chi connectivity index (χ2v) is 6.48. The minimum Gasteiger partial charge on any atom is -0.494 e. The Morgan fingerprint density at radius 1 is 1.31 bits per heavy atom. The molecule has 7 heteroatoms. The number of amides is 1. The Balaban J connectivity index is 2.53. The fraction of sp³-hybridized carbons (Fsp3) is 0.579. The van der Waals surface area contributed by atoms with Crippen molar-refractivity contribution in [3.8, 4) is 5.75 Å². The van der Waals surface area contributed by atoms with E-state index in [9.17, 15) is 14.7 Å². The van der Waals surface area contributed by atoms with E-state index in [4.69, 9.17) is 9.47 Å². The van der Waals surface area contributed by atoms with Crippen LogP contribution in [0.25, 0.3) is 0 Å². The number of carboxylic acid groups (broad SMARTS) is 1. The number of carboxylic acids is 1. The summed E-state index contributed by atoms with van der Waals surface area (Å²) in [4.78, 5) is 23.8. The summed E-state index contributed by atoms with van der Waals surface area (Å²) in [7, 11) is 3.60. The number of aliphatic carboxylic acids is 1. The monoisotopic (exact) mass is 366 g/mol. The highest BCUT2D eigenvalue weighted by Crippen LogP contribution is 2.16. The number of carbonyl (C=O) groups excluding carboxylic acids is 1. The van der Waals surface area contributed by atoms with Gasteiger partial charge in [0.25, 0.3) is 0 Å². The van der Waals surface area contributed by atoms with E-state index in [0.717, 1.165) is 12.0 Å². The molecule has 0 fully saturated rings. The number of rotatable bonds is 13. The molecule has 0 radical (unpaired) electrons. The fourth-order valence-corrected chi connectivity index (χ4v) is 2.54. The zero-order valence-electron chi connectivity index (χ0n) is 16.0. The summed E-state index contributed by atoms with van der Waals surface area (Å²) in [5, 5.41) is 12.3. The molecule has 1 rings (SSSR count). The van der Waals surface area contributed by atoms with Crippen molar-refractivity contribution in [1.29, 1.82) is 0 Å². The molecule has 0 bridgehead atoms. The minimum absolute atomic E-state index is 0.0706. The summed E-state index contributed by atoms with van der Waals surface area (Å²) in [6.07, 6.45) is 0.829. The van der Waals surface area contributed by atoms with E-state index in [1.165, 1.54) is 0 Å². The second-order valence-electron chi connectivity index (χ2n) is 6.48. The predicted molar refractivity (Wildman–Crippen MR) is 99.4 cm³/mol. The summed E-state index contributed by atoms with van der Waals surface area (Å²) in [5.41, 5.74) is 0.874. The van der Waals surface area contributed by atoms with Crippen molar-refractivity contribution in [1.82, 2.24) is 10.2 Å². The first-order valence-electron chi connectivity index (χ1n) is 8.79. The Bertz CT molecular complexity index is 547. The summed E-state index contributed by atoms with van der Waals surface area (Å²) < 4.78 is 11.2. The first-order chi connectivity index (χ1) is 12.4. The third-order valence-electron chi connectivity index (χ3n) is 3.96. The molecule has 1 amide bonds. The van der Waals surface area contributed by atoms with Crippen LogP contribution in [0.1, 0.15) is 25.8 Å². The van der Waals surface area contributed by atoms with Gasteiger partial charge < -0.3 is 24.8 Å². The zero-order valence-corrected chi connectivity index (χ0v) is 16.0. The van der Waals surface area contributed by atoms with Crippen LogP contribution in [0.3, 0.4) is 0 Å². The molecule has 146 valence electrons. The van der Waals surface area contributed by atoms with Gasteiger partial charge in [-0.2, -0.15) is 0 Å². The highest BCUT2D eigenvalue weighted by atomic mass is 16.5. The van der Waals surface area contributed by atoms with Crippen LogP contribution in [0.15, 0.2) is 24.3 Å². The Morgan fingerprint density at radius 3 is 2.46 bits per heavy atom. The number of benzene rings is 1. The van der Waals surface area contributed by atoms with Gasteiger partial charge in [0.05, 0.1) is 12.7 Å². The van der Waals surface area contributed by atoms with Gasteiger partial charge in [-0.1, -0.05) is 12.1 Å². The van der Waals surface area contributed by atoms with Crippen molar-refractivity contribution in [3.63, 3.8) is 0 Å². The Kier molecular flexibility index (Phi) is 9.69. The van der Waals surface area contributed by atoms with Crippen LogP contribution in [-0.2, 0) is 20.7 Å².